The van der Waals surface area contributed by atoms with Gasteiger partial charge in [0, 0.05) is 0 Å². The Morgan fingerprint density at radius 2 is 1.71 bits per heavy atom. The van der Waals surface area contributed by atoms with Crippen molar-refractivity contribution in [1.29, 1.82) is 0 Å². The molecule has 6 nitrogen and oxygen atoms in total. The Balaban J connectivity index is 2.99. The lowest BCUT2D eigenvalue weighted by atomic mass is 10.0. The van der Waals surface area contributed by atoms with Gasteiger partial charge in [-0.2, -0.15) is 13.2 Å². The molecule has 1 rings (SSSR count). The molecule has 21 heavy (non-hydrogen) atoms. The van der Waals surface area contributed by atoms with Crippen molar-refractivity contribution in [2.45, 2.75) is 18.6 Å². The van der Waals surface area contributed by atoms with Crippen molar-refractivity contribution in [3.63, 3.8) is 0 Å². The van der Waals surface area contributed by atoms with Gasteiger partial charge in [-0.1, -0.05) is 12.1 Å². The molecule has 0 spiro atoms. The number of alkyl halides is 3. The Hall–Kier alpha value is -2.58. The molecule has 0 aliphatic rings. The highest BCUT2D eigenvalue weighted by Gasteiger charge is 2.40. The third kappa shape index (κ3) is 4.79. The Morgan fingerprint density at radius 1 is 1.19 bits per heavy atom. The SMILES string of the molecule is NC(=O)CC(NC(=O)C(F)(F)F)c1ccc(C(=O)O)cc1. The lowest BCUT2D eigenvalue weighted by Gasteiger charge is -2.19. The lowest BCUT2D eigenvalue weighted by Crippen LogP contribution is -2.40. The highest BCUT2D eigenvalue weighted by molar-refractivity contribution is 5.87. The summed E-state index contributed by atoms with van der Waals surface area (Å²) in [4.78, 5) is 32.5. The predicted octanol–water partition coefficient (Wildman–Crippen LogP) is 0.980. The van der Waals surface area contributed by atoms with E-state index in [2.05, 4.69) is 0 Å². The zero-order chi connectivity index (χ0) is 16.2. The van der Waals surface area contributed by atoms with Crippen LogP contribution in [0.15, 0.2) is 24.3 Å². The zero-order valence-electron chi connectivity index (χ0n) is 10.5. The summed E-state index contributed by atoms with van der Waals surface area (Å²) in [5, 5.41) is 10.4. The molecule has 114 valence electrons. The smallest absolute Gasteiger partial charge is 0.471 e. The summed E-state index contributed by atoms with van der Waals surface area (Å²) in [5.74, 6) is -4.34. The van der Waals surface area contributed by atoms with Gasteiger partial charge in [0.15, 0.2) is 0 Å². The van der Waals surface area contributed by atoms with Gasteiger partial charge in [-0.3, -0.25) is 9.59 Å². The second-order valence-corrected chi connectivity index (χ2v) is 4.12. The molecule has 0 fully saturated rings. The molecule has 4 N–H and O–H groups in total. The standard InChI is InChI=1S/C12H11F3N2O4/c13-12(14,15)11(21)17-8(5-9(16)18)6-1-3-7(4-2-6)10(19)20/h1-4,8H,5H2,(H2,16,18)(H,17,21)(H,19,20). The molecule has 0 aliphatic heterocycles. The number of primary amides is 1. The molecule has 1 aromatic carbocycles. The third-order valence-corrected chi connectivity index (χ3v) is 2.53. The number of hydrogen-bond donors (Lipinski definition) is 3. The fraction of sp³-hybridized carbons (Fsp3) is 0.250. The van der Waals surface area contributed by atoms with E-state index in [1.165, 1.54) is 12.1 Å². The fourth-order valence-corrected chi connectivity index (χ4v) is 1.55. The van der Waals surface area contributed by atoms with Crippen LogP contribution in [0.4, 0.5) is 13.2 Å². The molecule has 2 amide bonds. The summed E-state index contributed by atoms with van der Waals surface area (Å²) in [6.45, 7) is 0. The van der Waals surface area contributed by atoms with Crippen molar-refractivity contribution in [3.8, 4) is 0 Å². The van der Waals surface area contributed by atoms with E-state index in [9.17, 15) is 27.6 Å². The molecule has 0 saturated carbocycles. The average Bonchev–Trinajstić information content (AvgIpc) is 2.36. The van der Waals surface area contributed by atoms with Crippen molar-refractivity contribution < 1.29 is 32.7 Å². The number of halogens is 3. The van der Waals surface area contributed by atoms with Gasteiger partial charge in [0.1, 0.15) is 0 Å². The fourth-order valence-electron chi connectivity index (χ4n) is 1.55. The van der Waals surface area contributed by atoms with Crippen LogP contribution in [0.5, 0.6) is 0 Å². The van der Waals surface area contributed by atoms with Crippen LogP contribution in [0.1, 0.15) is 28.4 Å². The number of carboxylic acid groups (broad SMARTS) is 1. The van der Waals surface area contributed by atoms with Crippen molar-refractivity contribution in [1.82, 2.24) is 5.32 Å². The number of nitrogens with two attached hydrogens (primary N) is 1. The Bertz CT molecular complexity index is 555. The number of carboxylic acids is 1. The van der Waals surface area contributed by atoms with Crippen LogP contribution in [0.2, 0.25) is 0 Å². The summed E-state index contributed by atoms with van der Waals surface area (Å²) in [7, 11) is 0. The Kier molecular flexibility index (Phi) is 4.90. The zero-order valence-corrected chi connectivity index (χ0v) is 10.5. The lowest BCUT2D eigenvalue weighted by molar-refractivity contribution is -0.174. The molecule has 0 radical (unpaired) electrons. The number of rotatable bonds is 5. The van der Waals surface area contributed by atoms with Crippen LogP contribution in [0.3, 0.4) is 0 Å². The molecule has 9 heteroatoms. The number of carbonyl (C=O) groups excluding carboxylic acids is 2. The number of hydrogen-bond acceptors (Lipinski definition) is 3. The molecule has 0 heterocycles. The highest BCUT2D eigenvalue weighted by Crippen LogP contribution is 2.21. The Morgan fingerprint density at radius 3 is 2.10 bits per heavy atom. The maximum absolute atomic E-state index is 12.2. The Labute approximate surface area is 116 Å². The first kappa shape index (κ1) is 16.5. The van der Waals surface area contributed by atoms with Gasteiger partial charge < -0.3 is 16.2 Å². The largest absolute Gasteiger partial charge is 0.478 e. The average molecular weight is 304 g/mol. The predicted molar refractivity (Wildman–Crippen MR) is 64.2 cm³/mol. The molecule has 0 aromatic heterocycles. The number of amides is 2. The van der Waals surface area contributed by atoms with Crippen LogP contribution >= 0.6 is 0 Å². The van der Waals surface area contributed by atoms with Gasteiger partial charge in [0.2, 0.25) is 5.91 Å². The monoisotopic (exact) mass is 304 g/mol. The topological polar surface area (TPSA) is 109 Å². The minimum Gasteiger partial charge on any atom is -0.478 e. The van der Waals surface area contributed by atoms with E-state index in [0.29, 0.717) is 0 Å². The van der Waals surface area contributed by atoms with Gasteiger partial charge >= 0.3 is 18.1 Å². The maximum Gasteiger partial charge on any atom is 0.471 e. The summed E-state index contributed by atoms with van der Waals surface area (Å²) in [6.07, 6.45) is -5.65. The van der Waals surface area contributed by atoms with Crippen molar-refractivity contribution >= 4 is 17.8 Å². The van der Waals surface area contributed by atoms with E-state index >= 15 is 0 Å². The number of benzene rings is 1. The normalized spacial score (nSPS) is 12.5. The van der Waals surface area contributed by atoms with E-state index < -0.39 is 36.4 Å². The first-order valence-corrected chi connectivity index (χ1v) is 5.60. The van der Waals surface area contributed by atoms with Crippen molar-refractivity contribution in [2.75, 3.05) is 0 Å². The molecule has 0 aliphatic carbocycles. The second kappa shape index (κ2) is 6.25. The molecule has 1 unspecified atom stereocenters. The summed E-state index contributed by atoms with van der Waals surface area (Å²) in [6, 6.07) is 3.40. The van der Waals surface area contributed by atoms with E-state index in [4.69, 9.17) is 10.8 Å². The van der Waals surface area contributed by atoms with Crippen molar-refractivity contribution in [2.24, 2.45) is 5.73 Å². The second-order valence-electron chi connectivity index (χ2n) is 4.12. The summed E-state index contributed by atoms with van der Waals surface area (Å²) >= 11 is 0. The van der Waals surface area contributed by atoms with Crippen LogP contribution in [0, 0.1) is 0 Å². The quantitative estimate of drug-likeness (QED) is 0.753. The van der Waals surface area contributed by atoms with E-state index in [1.807, 2.05) is 0 Å². The first-order chi connectivity index (χ1) is 9.61. The molecule has 0 bridgehead atoms. The number of nitrogens with one attached hydrogen (secondary N) is 1. The van der Waals surface area contributed by atoms with E-state index in [1.54, 1.807) is 5.32 Å². The first-order valence-electron chi connectivity index (χ1n) is 5.60. The molecular formula is C12H11F3N2O4. The third-order valence-electron chi connectivity index (χ3n) is 2.53. The summed E-state index contributed by atoms with van der Waals surface area (Å²) < 4.78 is 36.7. The minimum absolute atomic E-state index is 0.0845. The molecule has 1 aromatic rings. The van der Waals surface area contributed by atoms with Gasteiger partial charge in [-0.15, -0.1) is 0 Å². The molecular weight excluding hydrogens is 293 g/mol. The number of aromatic carboxylic acids is 1. The maximum atomic E-state index is 12.2. The van der Waals surface area contributed by atoms with Crippen LogP contribution in [-0.2, 0) is 9.59 Å². The van der Waals surface area contributed by atoms with Crippen LogP contribution in [-0.4, -0.2) is 29.1 Å². The van der Waals surface area contributed by atoms with Gasteiger partial charge in [-0.05, 0) is 17.7 Å². The van der Waals surface area contributed by atoms with E-state index in [0.717, 1.165) is 12.1 Å². The van der Waals surface area contributed by atoms with E-state index in [-0.39, 0.29) is 11.1 Å². The van der Waals surface area contributed by atoms with Gasteiger partial charge in [-0.25, -0.2) is 4.79 Å². The van der Waals surface area contributed by atoms with Crippen LogP contribution in [0.25, 0.3) is 0 Å². The van der Waals surface area contributed by atoms with Crippen molar-refractivity contribution in [3.05, 3.63) is 35.4 Å². The molecule has 0 saturated heterocycles. The highest BCUT2D eigenvalue weighted by atomic mass is 19.4. The summed E-state index contributed by atoms with van der Waals surface area (Å²) in [5.41, 5.74) is 4.98. The van der Waals surface area contributed by atoms with Gasteiger partial charge in [0.05, 0.1) is 18.0 Å². The molecule has 1 atom stereocenters. The van der Waals surface area contributed by atoms with Crippen LogP contribution < -0.4 is 11.1 Å². The van der Waals surface area contributed by atoms with Gasteiger partial charge in [0.25, 0.3) is 0 Å². The minimum atomic E-state index is -5.10. The number of carbonyl (C=O) groups is 3.